The van der Waals surface area contributed by atoms with Gasteiger partial charge in [-0.05, 0) is 24.3 Å². The van der Waals surface area contributed by atoms with E-state index in [1.807, 2.05) is 42.1 Å². The van der Waals surface area contributed by atoms with Crippen molar-refractivity contribution in [2.24, 2.45) is 0 Å². The minimum Gasteiger partial charge on any atom is -0.397 e. The summed E-state index contributed by atoms with van der Waals surface area (Å²) in [6.07, 6.45) is 5.91. The van der Waals surface area contributed by atoms with E-state index < -0.39 is 0 Å². The summed E-state index contributed by atoms with van der Waals surface area (Å²) in [6, 6.07) is 14.1. The van der Waals surface area contributed by atoms with E-state index in [1.165, 1.54) is 12.8 Å². The van der Waals surface area contributed by atoms with Gasteiger partial charge in [-0.25, -0.2) is 9.97 Å². The van der Waals surface area contributed by atoms with Crippen LogP contribution in [-0.4, -0.2) is 20.7 Å². The summed E-state index contributed by atoms with van der Waals surface area (Å²) in [5, 5.41) is 0.956. The van der Waals surface area contributed by atoms with Gasteiger partial charge in [0.2, 0.25) is 0 Å². The van der Waals surface area contributed by atoms with Crippen LogP contribution in [0.2, 0.25) is 0 Å². The number of anilines is 1. The lowest BCUT2D eigenvalue weighted by Gasteiger charge is -2.07. The fraction of sp³-hybridized carbons (Fsp3) is 0.190. The largest absolute Gasteiger partial charge is 0.397 e. The maximum Gasteiger partial charge on any atom is 0.162 e. The molecular formula is C21H20N4S2. The number of benzene rings is 1. The molecule has 3 aromatic heterocycles. The molecule has 2 N–H and O–H groups in total. The number of thioether (sulfide) groups is 1. The Labute approximate surface area is 166 Å². The SMILES string of the molecule is CCCCSc1sc2nc(-c3cccnc3)nc(-c3ccccc3)c2c1N. The van der Waals surface area contributed by atoms with Crippen LogP contribution in [0.3, 0.4) is 0 Å². The zero-order chi connectivity index (χ0) is 18.6. The summed E-state index contributed by atoms with van der Waals surface area (Å²) in [7, 11) is 0. The van der Waals surface area contributed by atoms with Crippen LogP contribution in [0.4, 0.5) is 5.69 Å². The number of rotatable bonds is 6. The topological polar surface area (TPSA) is 64.7 Å². The molecule has 0 fully saturated rings. The van der Waals surface area contributed by atoms with Crippen LogP contribution in [0.1, 0.15) is 19.8 Å². The maximum atomic E-state index is 6.55. The van der Waals surface area contributed by atoms with Gasteiger partial charge in [0.05, 0.1) is 21.0 Å². The van der Waals surface area contributed by atoms with Crippen LogP contribution in [0.25, 0.3) is 32.9 Å². The minimum atomic E-state index is 0.681. The lowest BCUT2D eigenvalue weighted by atomic mass is 10.1. The van der Waals surface area contributed by atoms with Gasteiger partial charge in [-0.2, -0.15) is 0 Å². The van der Waals surface area contributed by atoms with Gasteiger partial charge < -0.3 is 5.73 Å². The fourth-order valence-electron chi connectivity index (χ4n) is 2.85. The standard InChI is InChI=1S/C21H20N4S2/c1-2-3-12-26-21-17(22)16-18(14-8-5-4-6-9-14)24-19(25-20(16)27-21)15-10-7-11-23-13-15/h4-11,13H,2-3,12,22H2,1H3. The first-order chi connectivity index (χ1) is 13.3. The van der Waals surface area contributed by atoms with E-state index in [4.69, 9.17) is 15.7 Å². The Kier molecular flexibility index (Phi) is 5.36. The van der Waals surface area contributed by atoms with Crippen molar-refractivity contribution in [2.75, 3.05) is 11.5 Å². The average molecular weight is 393 g/mol. The van der Waals surface area contributed by atoms with Crippen molar-refractivity contribution in [1.29, 1.82) is 0 Å². The Morgan fingerprint density at radius 3 is 2.59 bits per heavy atom. The van der Waals surface area contributed by atoms with Gasteiger partial charge in [-0.1, -0.05) is 43.7 Å². The molecule has 4 nitrogen and oxygen atoms in total. The third-order valence-electron chi connectivity index (χ3n) is 4.25. The Morgan fingerprint density at radius 2 is 1.85 bits per heavy atom. The zero-order valence-corrected chi connectivity index (χ0v) is 16.7. The third-order valence-corrected chi connectivity index (χ3v) is 6.72. The molecule has 136 valence electrons. The number of thiophene rings is 1. The number of nitrogens with two attached hydrogens (primary N) is 1. The fourth-order valence-corrected chi connectivity index (χ4v) is 5.27. The number of fused-ring (bicyclic) bond motifs is 1. The molecule has 0 unspecified atom stereocenters. The molecule has 3 heterocycles. The van der Waals surface area contributed by atoms with Crippen LogP contribution >= 0.6 is 23.1 Å². The number of pyridine rings is 1. The molecule has 0 spiro atoms. The number of nitrogens with zero attached hydrogens (tertiary/aromatic N) is 3. The predicted octanol–water partition coefficient (Wildman–Crippen LogP) is 5.89. The summed E-state index contributed by atoms with van der Waals surface area (Å²) in [5.41, 5.74) is 10.2. The summed E-state index contributed by atoms with van der Waals surface area (Å²) in [6.45, 7) is 2.20. The van der Waals surface area contributed by atoms with Crippen molar-refractivity contribution in [3.8, 4) is 22.6 Å². The number of aromatic nitrogens is 3. The van der Waals surface area contributed by atoms with Gasteiger partial charge in [-0.3, -0.25) is 4.98 Å². The summed E-state index contributed by atoms with van der Waals surface area (Å²) in [4.78, 5) is 14.8. The summed E-state index contributed by atoms with van der Waals surface area (Å²) in [5.74, 6) is 1.75. The first-order valence-corrected chi connectivity index (χ1v) is 10.8. The first kappa shape index (κ1) is 17.9. The second-order valence-electron chi connectivity index (χ2n) is 6.19. The smallest absolute Gasteiger partial charge is 0.162 e. The van der Waals surface area contributed by atoms with Crippen molar-refractivity contribution in [3.05, 3.63) is 54.9 Å². The number of hydrogen-bond acceptors (Lipinski definition) is 6. The quantitative estimate of drug-likeness (QED) is 0.327. The van der Waals surface area contributed by atoms with E-state index in [0.717, 1.165) is 42.7 Å². The predicted molar refractivity (Wildman–Crippen MR) is 116 cm³/mol. The Hall–Kier alpha value is -2.44. The summed E-state index contributed by atoms with van der Waals surface area (Å²) < 4.78 is 1.13. The molecule has 27 heavy (non-hydrogen) atoms. The molecule has 0 aliphatic heterocycles. The number of hydrogen-bond donors (Lipinski definition) is 1. The Morgan fingerprint density at radius 1 is 1.04 bits per heavy atom. The van der Waals surface area contributed by atoms with E-state index in [9.17, 15) is 0 Å². The second kappa shape index (κ2) is 8.06. The van der Waals surface area contributed by atoms with Crippen LogP contribution < -0.4 is 5.73 Å². The molecule has 0 saturated carbocycles. The average Bonchev–Trinajstić information content (AvgIpc) is 3.04. The highest BCUT2D eigenvalue weighted by atomic mass is 32.2. The molecular weight excluding hydrogens is 372 g/mol. The van der Waals surface area contributed by atoms with Gasteiger partial charge in [0.15, 0.2) is 5.82 Å². The molecule has 4 rings (SSSR count). The zero-order valence-electron chi connectivity index (χ0n) is 15.1. The van der Waals surface area contributed by atoms with E-state index >= 15 is 0 Å². The molecule has 0 bridgehead atoms. The molecule has 0 saturated heterocycles. The molecule has 6 heteroatoms. The van der Waals surface area contributed by atoms with Gasteiger partial charge in [-0.15, -0.1) is 23.1 Å². The lowest BCUT2D eigenvalue weighted by Crippen LogP contribution is -1.95. The second-order valence-corrected chi connectivity index (χ2v) is 8.55. The Balaban J connectivity index is 1.91. The van der Waals surface area contributed by atoms with Crippen LogP contribution in [0.5, 0.6) is 0 Å². The third kappa shape index (κ3) is 3.68. The highest BCUT2D eigenvalue weighted by Crippen LogP contribution is 2.44. The van der Waals surface area contributed by atoms with Crippen molar-refractivity contribution in [3.63, 3.8) is 0 Å². The van der Waals surface area contributed by atoms with Crippen LogP contribution in [0, 0.1) is 0 Å². The van der Waals surface area contributed by atoms with Gasteiger partial charge in [0.25, 0.3) is 0 Å². The minimum absolute atomic E-state index is 0.681. The molecule has 0 amide bonds. The molecule has 4 aromatic rings. The molecule has 0 radical (unpaired) electrons. The summed E-state index contributed by atoms with van der Waals surface area (Å²) >= 11 is 3.47. The maximum absolute atomic E-state index is 6.55. The molecule has 0 atom stereocenters. The van der Waals surface area contributed by atoms with Gasteiger partial charge in [0, 0.05) is 23.5 Å². The lowest BCUT2D eigenvalue weighted by molar-refractivity contribution is 0.897. The molecule has 0 aliphatic rings. The van der Waals surface area contributed by atoms with E-state index in [2.05, 4.69) is 24.0 Å². The van der Waals surface area contributed by atoms with E-state index in [1.54, 1.807) is 23.7 Å². The normalized spacial score (nSPS) is 11.1. The van der Waals surface area contributed by atoms with Crippen molar-refractivity contribution in [1.82, 2.24) is 15.0 Å². The highest BCUT2D eigenvalue weighted by molar-refractivity contribution is 8.01. The van der Waals surface area contributed by atoms with Crippen molar-refractivity contribution in [2.45, 2.75) is 24.0 Å². The van der Waals surface area contributed by atoms with Crippen molar-refractivity contribution < 1.29 is 0 Å². The van der Waals surface area contributed by atoms with Crippen LogP contribution in [0.15, 0.2) is 59.1 Å². The number of nitrogen functional groups attached to an aromatic ring is 1. The van der Waals surface area contributed by atoms with Gasteiger partial charge >= 0.3 is 0 Å². The van der Waals surface area contributed by atoms with Crippen LogP contribution in [-0.2, 0) is 0 Å². The first-order valence-electron chi connectivity index (χ1n) is 8.96. The monoisotopic (exact) mass is 392 g/mol. The molecule has 1 aromatic carbocycles. The number of unbranched alkanes of at least 4 members (excludes halogenated alkanes) is 1. The Bertz CT molecular complexity index is 1050. The molecule has 0 aliphatic carbocycles. The van der Waals surface area contributed by atoms with Gasteiger partial charge in [0.1, 0.15) is 4.83 Å². The highest BCUT2D eigenvalue weighted by Gasteiger charge is 2.19. The van der Waals surface area contributed by atoms with E-state index in [0.29, 0.717) is 5.82 Å². The van der Waals surface area contributed by atoms with E-state index in [-0.39, 0.29) is 0 Å². The van der Waals surface area contributed by atoms with Crippen molar-refractivity contribution >= 4 is 39.0 Å².